The summed E-state index contributed by atoms with van der Waals surface area (Å²) in [7, 11) is 0. The zero-order chi connectivity index (χ0) is 9.26. The van der Waals surface area contributed by atoms with Crippen molar-refractivity contribution in [2.24, 2.45) is 5.92 Å². The SMILES string of the molecule is O=C1O[C@H]2CCCCCC[C@@H]2[C@H]1Cl. The number of rotatable bonds is 0. The van der Waals surface area contributed by atoms with Crippen LogP contribution in [0.1, 0.15) is 38.5 Å². The molecule has 2 fully saturated rings. The Bertz CT molecular complexity index is 205. The van der Waals surface area contributed by atoms with Crippen molar-refractivity contribution in [2.75, 3.05) is 0 Å². The third-order valence-corrected chi connectivity index (χ3v) is 3.62. The number of hydrogen-bond donors (Lipinski definition) is 0. The number of ether oxygens (including phenoxy) is 1. The standard InChI is InChI=1S/C10H15ClO2/c11-9-7-5-3-1-2-4-6-8(7)13-10(9)12/h7-9H,1-6H2/t7-,8-,9+/m0/s1. The first-order valence-electron chi connectivity index (χ1n) is 5.13. The fourth-order valence-corrected chi connectivity index (χ4v) is 2.69. The maximum absolute atomic E-state index is 11.2. The van der Waals surface area contributed by atoms with Crippen molar-refractivity contribution in [3.05, 3.63) is 0 Å². The largest absolute Gasteiger partial charge is 0.461 e. The highest BCUT2D eigenvalue weighted by Gasteiger charge is 2.42. The first kappa shape index (κ1) is 9.32. The fraction of sp³-hybridized carbons (Fsp3) is 0.900. The Labute approximate surface area is 83.6 Å². The van der Waals surface area contributed by atoms with E-state index in [1.165, 1.54) is 25.7 Å². The highest BCUT2D eigenvalue weighted by atomic mass is 35.5. The molecule has 0 spiro atoms. The smallest absolute Gasteiger partial charge is 0.324 e. The molecule has 2 rings (SSSR count). The quantitative estimate of drug-likeness (QED) is 0.446. The summed E-state index contributed by atoms with van der Waals surface area (Å²) >= 11 is 5.99. The van der Waals surface area contributed by atoms with Crippen LogP contribution in [0, 0.1) is 5.92 Å². The van der Waals surface area contributed by atoms with Crippen LogP contribution in [0.15, 0.2) is 0 Å². The second kappa shape index (κ2) is 3.87. The molecular weight excluding hydrogens is 188 g/mol. The normalized spacial score (nSPS) is 40.4. The van der Waals surface area contributed by atoms with Crippen molar-refractivity contribution < 1.29 is 9.53 Å². The molecule has 0 aromatic rings. The molecule has 1 aliphatic carbocycles. The van der Waals surface area contributed by atoms with Gasteiger partial charge in [0.25, 0.3) is 0 Å². The molecule has 0 N–H and O–H groups in total. The van der Waals surface area contributed by atoms with E-state index in [0.29, 0.717) is 0 Å². The summed E-state index contributed by atoms with van der Waals surface area (Å²) in [5, 5.41) is -0.372. The van der Waals surface area contributed by atoms with Gasteiger partial charge in [0.05, 0.1) is 0 Å². The van der Waals surface area contributed by atoms with E-state index in [9.17, 15) is 4.79 Å². The fourth-order valence-electron chi connectivity index (χ4n) is 2.35. The lowest BCUT2D eigenvalue weighted by Crippen LogP contribution is -2.22. The van der Waals surface area contributed by atoms with Crippen molar-refractivity contribution in [2.45, 2.75) is 50.0 Å². The maximum Gasteiger partial charge on any atom is 0.324 e. The Hall–Kier alpha value is -0.240. The van der Waals surface area contributed by atoms with Crippen LogP contribution >= 0.6 is 11.6 Å². The molecule has 2 nitrogen and oxygen atoms in total. The summed E-state index contributed by atoms with van der Waals surface area (Å²) in [5.74, 6) is 0.0908. The number of alkyl halides is 1. The lowest BCUT2D eigenvalue weighted by molar-refractivity contribution is -0.141. The van der Waals surface area contributed by atoms with Crippen molar-refractivity contribution in [3.8, 4) is 0 Å². The Morgan fingerprint density at radius 3 is 2.62 bits per heavy atom. The third-order valence-electron chi connectivity index (χ3n) is 3.12. The van der Waals surface area contributed by atoms with Crippen LogP contribution in [-0.2, 0) is 9.53 Å². The van der Waals surface area contributed by atoms with Gasteiger partial charge in [-0.25, -0.2) is 0 Å². The predicted molar refractivity (Wildman–Crippen MR) is 50.7 cm³/mol. The highest BCUT2D eigenvalue weighted by molar-refractivity contribution is 6.30. The van der Waals surface area contributed by atoms with Crippen LogP contribution < -0.4 is 0 Å². The van der Waals surface area contributed by atoms with E-state index in [1.54, 1.807) is 0 Å². The summed E-state index contributed by atoms with van der Waals surface area (Å²) in [6, 6.07) is 0. The molecule has 1 saturated heterocycles. The minimum atomic E-state index is -0.372. The number of esters is 1. The Morgan fingerprint density at radius 2 is 1.85 bits per heavy atom. The third kappa shape index (κ3) is 1.83. The van der Waals surface area contributed by atoms with Gasteiger partial charge in [-0.3, -0.25) is 4.79 Å². The van der Waals surface area contributed by atoms with Gasteiger partial charge in [-0.05, 0) is 19.3 Å². The van der Waals surface area contributed by atoms with Gasteiger partial charge in [0.1, 0.15) is 11.5 Å². The molecule has 1 heterocycles. The molecule has 3 heteroatoms. The van der Waals surface area contributed by atoms with E-state index < -0.39 is 0 Å². The van der Waals surface area contributed by atoms with Crippen molar-refractivity contribution in [1.29, 1.82) is 0 Å². The molecule has 0 aromatic heterocycles. The van der Waals surface area contributed by atoms with Gasteiger partial charge in [-0.1, -0.05) is 19.3 Å². The van der Waals surface area contributed by atoms with Crippen LogP contribution in [0.4, 0.5) is 0 Å². The first-order valence-corrected chi connectivity index (χ1v) is 5.57. The van der Waals surface area contributed by atoms with Gasteiger partial charge in [0.15, 0.2) is 0 Å². The van der Waals surface area contributed by atoms with Crippen molar-refractivity contribution >= 4 is 17.6 Å². The average molecular weight is 203 g/mol. The van der Waals surface area contributed by atoms with Gasteiger partial charge in [-0.15, -0.1) is 11.6 Å². The average Bonchev–Trinajstić information content (AvgIpc) is 2.31. The minimum Gasteiger partial charge on any atom is -0.461 e. The van der Waals surface area contributed by atoms with E-state index in [0.717, 1.165) is 12.8 Å². The molecular formula is C10H15ClO2. The van der Waals surface area contributed by atoms with Gasteiger partial charge < -0.3 is 4.74 Å². The predicted octanol–water partition coefficient (Wildman–Crippen LogP) is 2.49. The number of halogens is 1. The van der Waals surface area contributed by atoms with Crippen LogP contribution in [0.5, 0.6) is 0 Å². The maximum atomic E-state index is 11.2. The zero-order valence-corrected chi connectivity index (χ0v) is 8.43. The number of fused-ring (bicyclic) bond motifs is 1. The van der Waals surface area contributed by atoms with Crippen LogP contribution in [0.25, 0.3) is 0 Å². The molecule has 0 unspecified atom stereocenters. The van der Waals surface area contributed by atoms with Crippen LogP contribution in [-0.4, -0.2) is 17.5 Å². The molecule has 74 valence electrons. The van der Waals surface area contributed by atoms with E-state index in [4.69, 9.17) is 16.3 Å². The van der Waals surface area contributed by atoms with Gasteiger partial charge >= 0.3 is 5.97 Å². The summed E-state index contributed by atoms with van der Waals surface area (Å²) in [6.45, 7) is 0. The Balaban J connectivity index is 2.04. The van der Waals surface area contributed by atoms with Crippen molar-refractivity contribution in [1.82, 2.24) is 0 Å². The zero-order valence-electron chi connectivity index (χ0n) is 7.67. The molecule has 13 heavy (non-hydrogen) atoms. The molecule has 1 saturated carbocycles. The highest BCUT2D eigenvalue weighted by Crippen LogP contribution is 2.35. The summed E-state index contributed by atoms with van der Waals surface area (Å²) < 4.78 is 5.24. The van der Waals surface area contributed by atoms with Gasteiger partial charge in [0, 0.05) is 5.92 Å². The second-order valence-corrected chi connectivity index (χ2v) is 4.50. The van der Waals surface area contributed by atoms with Gasteiger partial charge in [-0.2, -0.15) is 0 Å². The summed E-state index contributed by atoms with van der Waals surface area (Å²) in [5.41, 5.74) is 0. The number of hydrogen-bond acceptors (Lipinski definition) is 2. The molecule has 0 bridgehead atoms. The van der Waals surface area contributed by atoms with Crippen molar-refractivity contribution in [3.63, 3.8) is 0 Å². The second-order valence-electron chi connectivity index (χ2n) is 4.03. The summed E-state index contributed by atoms with van der Waals surface area (Å²) in [6.07, 6.45) is 7.12. The summed E-state index contributed by atoms with van der Waals surface area (Å²) in [4.78, 5) is 11.2. The van der Waals surface area contributed by atoms with Crippen LogP contribution in [0.2, 0.25) is 0 Å². The van der Waals surface area contributed by atoms with E-state index in [1.807, 2.05) is 0 Å². The monoisotopic (exact) mass is 202 g/mol. The van der Waals surface area contributed by atoms with Gasteiger partial charge in [0.2, 0.25) is 0 Å². The number of carbonyl (C=O) groups excluding carboxylic acids is 1. The molecule has 0 radical (unpaired) electrons. The Morgan fingerprint density at radius 1 is 1.15 bits per heavy atom. The molecule has 3 atom stereocenters. The lowest BCUT2D eigenvalue weighted by Gasteiger charge is -2.20. The lowest BCUT2D eigenvalue weighted by atomic mass is 9.88. The van der Waals surface area contributed by atoms with E-state index in [2.05, 4.69) is 0 Å². The first-order chi connectivity index (χ1) is 6.29. The number of carbonyl (C=O) groups is 1. The molecule has 1 aliphatic heterocycles. The van der Waals surface area contributed by atoms with Crippen LogP contribution in [0.3, 0.4) is 0 Å². The topological polar surface area (TPSA) is 26.3 Å². The van der Waals surface area contributed by atoms with E-state index in [-0.39, 0.29) is 23.4 Å². The Kier molecular flexibility index (Phi) is 2.77. The molecule has 2 aliphatic rings. The molecule has 0 aromatic carbocycles. The molecule has 0 amide bonds. The minimum absolute atomic E-state index is 0.121. The van der Waals surface area contributed by atoms with E-state index >= 15 is 0 Å².